The Morgan fingerprint density at radius 3 is 1.62 bits per heavy atom. The van der Waals surface area contributed by atoms with Crippen LogP contribution >= 0.6 is 0 Å². The summed E-state index contributed by atoms with van der Waals surface area (Å²) in [5.74, 6) is 0. The van der Waals surface area contributed by atoms with Gasteiger partial charge in [0.1, 0.15) is 0 Å². The first kappa shape index (κ1) is 21.8. The van der Waals surface area contributed by atoms with E-state index in [2.05, 4.69) is 109 Å². The Morgan fingerprint density at radius 1 is 0.405 bits per heavy atom. The minimum absolute atomic E-state index is 0.496. The average molecular weight is 474 g/mol. The van der Waals surface area contributed by atoms with E-state index in [1.807, 2.05) is 12.1 Å². The first-order valence-electron chi connectivity index (χ1n) is 12.5. The van der Waals surface area contributed by atoms with E-state index in [-0.39, 0.29) is 0 Å². The molecule has 174 valence electrons. The van der Waals surface area contributed by atoms with E-state index in [0.717, 1.165) is 16.3 Å². The van der Waals surface area contributed by atoms with Crippen LogP contribution in [-0.2, 0) is 0 Å². The van der Waals surface area contributed by atoms with E-state index in [9.17, 15) is 10.0 Å². The van der Waals surface area contributed by atoms with Gasteiger partial charge in [0.2, 0.25) is 0 Å². The fourth-order valence-electron chi connectivity index (χ4n) is 5.75. The zero-order valence-electron chi connectivity index (χ0n) is 20.1. The van der Waals surface area contributed by atoms with Crippen LogP contribution in [0.5, 0.6) is 0 Å². The molecule has 0 aliphatic rings. The van der Waals surface area contributed by atoms with Gasteiger partial charge in [-0.05, 0) is 76.9 Å². The Bertz CT molecular complexity index is 1910. The van der Waals surface area contributed by atoms with Crippen LogP contribution in [-0.4, -0.2) is 17.2 Å². The Labute approximate surface area is 215 Å². The molecule has 0 atom stereocenters. The molecule has 0 aliphatic carbocycles. The van der Waals surface area contributed by atoms with Crippen molar-refractivity contribution in [1.82, 2.24) is 0 Å². The molecule has 7 rings (SSSR count). The lowest BCUT2D eigenvalue weighted by Crippen LogP contribution is -2.29. The third-order valence-electron chi connectivity index (χ3n) is 7.44. The highest BCUT2D eigenvalue weighted by molar-refractivity contribution is 6.58. The van der Waals surface area contributed by atoms with E-state index >= 15 is 0 Å². The predicted molar refractivity (Wildman–Crippen MR) is 157 cm³/mol. The lowest BCUT2D eigenvalue weighted by molar-refractivity contribution is 0.426. The molecule has 7 aromatic carbocycles. The molecule has 0 bridgehead atoms. The Kier molecular flexibility index (Phi) is 5.07. The summed E-state index contributed by atoms with van der Waals surface area (Å²) in [5.41, 5.74) is 5.35. The average Bonchev–Trinajstić information content (AvgIpc) is 2.95. The molecule has 0 aromatic heterocycles. The summed E-state index contributed by atoms with van der Waals surface area (Å²) in [5, 5.41) is 28.6. The summed E-state index contributed by atoms with van der Waals surface area (Å²) in [4.78, 5) is 0. The first-order valence-corrected chi connectivity index (χ1v) is 12.5. The van der Waals surface area contributed by atoms with Gasteiger partial charge in [-0.25, -0.2) is 0 Å². The summed E-state index contributed by atoms with van der Waals surface area (Å²) < 4.78 is 0. The van der Waals surface area contributed by atoms with Crippen LogP contribution in [0.15, 0.2) is 127 Å². The van der Waals surface area contributed by atoms with Crippen LogP contribution in [0.3, 0.4) is 0 Å². The molecule has 37 heavy (non-hydrogen) atoms. The van der Waals surface area contributed by atoms with E-state index < -0.39 is 7.12 Å². The number of benzene rings is 7. The van der Waals surface area contributed by atoms with Crippen LogP contribution in [0.25, 0.3) is 65.3 Å². The van der Waals surface area contributed by atoms with E-state index in [0.29, 0.717) is 5.46 Å². The van der Waals surface area contributed by atoms with E-state index in [1.54, 1.807) is 6.07 Å². The van der Waals surface area contributed by atoms with Crippen molar-refractivity contribution in [2.24, 2.45) is 0 Å². The van der Waals surface area contributed by atoms with Crippen LogP contribution < -0.4 is 5.46 Å². The Balaban J connectivity index is 1.58. The fraction of sp³-hybridized carbons (Fsp3) is 0. The van der Waals surface area contributed by atoms with Crippen LogP contribution in [0.2, 0.25) is 0 Å². The van der Waals surface area contributed by atoms with Gasteiger partial charge < -0.3 is 10.0 Å². The first-order chi connectivity index (χ1) is 18.2. The normalized spacial score (nSPS) is 11.5. The Morgan fingerprint density at radius 2 is 0.946 bits per heavy atom. The molecule has 0 fully saturated rings. The molecule has 0 radical (unpaired) electrons. The van der Waals surface area contributed by atoms with Crippen molar-refractivity contribution in [3.05, 3.63) is 127 Å². The fourth-order valence-corrected chi connectivity index (χ4v) is 5.75. The van der Waals surface area contributed by atoms with Crippen molar-refractivity contribution < 1.29 is 10.0 Å². The molecule has 0 saturated heterocycles. The van der Waals surface area contributed by atoms with Crippen molar-refractivity contribution in [2.45, 2.75) is 0 Å². The monoisotopic (exact) mass is 474 g/mol. The topological polar surface area (TPSA) is 40.5 Å². The van der Waals surface area contributed by atoms with Gasteiger partial charge >= 0.3 is 7.12 Å². The summed E-state index contributed by atoms with van der Waals surface area (Å²) >= 11 is 0. The molecule has 0 saturated carbocycles. The maximum absolute atomic E-state index is 9.59. The van der Waals surface area contributed by atoms with Crippen molar-refractivity contribution in [2.75, 3.05) is 0 Å². The summed E-state index contributed by atoms with van der Waals surface area (Å²) in [6.07, 6.45) is 0. The highest BCUT2D eigenvalue weighted by atomic mass is 16.4. The van der Waals surface area contributed by atoms with Gasteiger partial charge in [0.15, 0.2) is 0 Å². The van der Waals surface area contributed by atoms with Gasteiger partial charge in [0.25, 0.3) is 0 Å². The number of hydrogen-bond donors (Lipinski definition) is 2. The third kappa shape index (κ3) is 3.52. The van der Waals surface area contributed by atoms with E-state index in [4.69, 9.17) is 0 Å². The Hall–Kier alpha value is -4.44. The van der Waals surface area contributed by atoms with Gasteiger partial charge in [0, 0.05) is 0 Å². The van der Waals surface area contributed by atoms with Gasteiger partial charge in [-0.2, -0.15) is 0 Å². The number of fused-ring (bicyclic) bond motifs is 4. The maximum atomic E-state index is 9.59. The van der Waals surface area contributed by atoms with Gasteiger partial charge in [-0.1, -0.05) is 121 Å². The van der Waals surface area contributed by atoms with Crippen LogP contribution in [0.1, 0.15) is 0 Å². The second-order valence-electron chi connectivity index (χ2n) is 9.56. The molecule has 7 aromatic rings. The van der Waals surface area contributed by atoms with Crippen molar-refractivity contribution in [3.8, 4) is 22.3 Å². The quantitative estimate of drug-likeness (QED) is 0.208. The molecule has 0 amide bonds. The second kappa shape index (κ2) is 8.60. The van der Waals surface area contributed by atoms with Crippen molar-refractivity contribution in [1.29, 1.82) is 0 Å². The van der Waals surface area contributed by atoms with Crippen molar-refractivity contribution in [3.63, 3.8) is 0 Å². The van der Waals surface area contributed by atoms with Crippen molar-refractivity contribution >= 4 is 55.7 Å². The minimum Gasteiger partial charge on any atom is -0.423 e. The van der Waals surface area contributed by atoms with E-state index in [1.165, 1.54) is 49.0 Å². The van der Waals surface area contributed by atoms with Crippen LogP contribution in [0.4, 0.5) is 0 Å². The highest BCUT2D eigenvalue weighted by Gasteiger charge is 2.18. The van der Waals surface area contributed by atoms with Gasteiger partial charge in [-0.3, -0.25) is 0 Å². The number of rotatable bonds is 3. The minimum atomic E-state index is -1.47. The molecular formula is C34H23BO2. The summed E-state index contributed by atoms with van der Waals surface area (Å²) in [6, 6.07) is 44.5. The molecule has 2 N–H and O–H groups in total. The maximum Gasteiger partial charge on any atom is 0.488 e. The number of hydrogen-bond acceptors (Lipinski definition) is 2. The molecule has 0 aliphatic heterocycles. The van der Waals surface area contributed by atoms with Crippen LogP contribution in [0, 0.1) is 0 Å². The molecule has 2 nitrogen and oxygen atoms in total. The lowest BCUT2D eigenvalue weighted by atomic mass is 9.79. The zero-order chi connectivity index (χ0) is 24.9. The lowest BCUT2D eigenvalue weighted by Gasteiger charge is -2.19. The zero-order valence-corrected chi connectivity index (χ0v) is 20.1. The van der Waals surface area contributed by atoms with Gasteiger partial charge in [-0.15, -0.1) is 0 Å². The standard InChI is InChI=1S/C34H23BO2/c36-35(37)26-19-18-23-20-25(17-16-24(23)21-26)33-29-11-3-5-13-31(29)34(32-14-6-4-12-30(32)33)28-15-7-9-22-8-1-2-10-27(22)28/h1-21,36-37H. The molecule has 0 unspecified atom stereocenters. The molecular weight excluding hydrogens is 451 g/mol. The third-order valence-corrected chi connectivity index (χ3v) is 7.44. The predicted octanol–water partition coefficient (Wildman–Crippen LogP) is 7.31. The smallest absolute Gasteiger partial charge is 0.423 e. The molecule has 3 heteroatoms. The SMILES string of the molecule is OB(O)c1ccc2cc(-c3c4ccccc4c(-c4cccc5ccccc45)c4ccccc34)ccc2c1. The molecule has 0 spiro atoms. The van der Waals surface area contributed by atoms with Gasteiger partial charge in [0.05, 0.1) is 0 Å². The summed E-state index contributed by atoms with van der Waals surface area (Å²) in [7, 11) is -1.47. The largest absolute Gasteiger partial charge is 0.488 e. The second-order valence-corrected chi connectivity index (χ2v) is 9.56. The highest BCUT2D eigenvalue weighted by Crippen LogP contribution is 2.45. The molecule has 0 heterocycles. The summed E-state index contributed by atoms with van der Waals surface area (Å²) in [6.45, 7) is 0.